The molecular formula is C19H24N4O3. The molecular weight excluding hydrogens is 332 g/mol. The van der Waals surface area contributed by atoms with E-state index in [2.05, 4.69) is 29.0 Å². The number of pyridine rings is 1. The molecule has 0 aliphatic heterocycles. The number of aromatic nitrogens is 1. The maximum atomic E-state index is 12.3. The van der Waals surface area contributed by atoms with E-state index in [0.29, 0.717) is 17.0 Å². The van der Waals surface area contributed by atoms with Gasteiger partial charge in [0.05, 0.1) is 18.6 Å². The number of carbonyl (C=O) groups is 2. The normalized spacial score (nSPS) is 10.2. The van der Waals surface area contributed by atoms with Gasteiger partial charge in [-0.1, -0.05) is 0 Å². The van der Waals surface area contributed by atoms with Crippen LogP contribution in [-0.2, 0) is 4.79 Å². The molecule has 0 aliphatic carbocycles. The molecule has 0 saturated heterocycles. The van der Waals surface area contributed by atoms with Crippen molar-refractivity contribution in [2.75, 3.05) is 29.9 Å². The van der Waals surface area contributed by atoms with Crippen molar-refractivity contribution < 1.29 is 14.3 Å². The van der Waals surface area contributed by atoms with Gasteiger partial charge < -0.3 is 20.7 Å². The summed E-state index contributed by atoms with van der Waals surface area (Å²) in [6.07, 6.45) is 1.74. The number of primary amides is 1. The first-order valence-electron chi connectivity index (χ1n) is 8.57. The van der Waals surface area contributed by atoms with Crippen molar-refractivity contribution in [3.05, 3.63) is 48.2 Å². The van der Waals surface area contributed by atoms with Crippen molar-refractivity contribution >= 4 is 23.3 Å². The van der Waals surface area contributed by atoms with Crippen LogP contribution in [0.15, 0.2) is 42.6 Å². The van der Waals surface area contributed by atoms with Crippen LogP contribution < -0.4 is 20.7 Å². The molecule has 0 aliphatic rings. The fourth-order valence-corrected chi connectivity index (χ4v) is 2.36. The molecule has 0 bridgehead atoms. The fourth-order valence-electron chi connectivity index (χ4n) is 2.36. The average Bonchev–Trinajstić information content (AvgIpc) is 2.64. The number of benzene rings is 1. The number of nitrogens with one attached hydrogen (secondary N) is 1. The van der Waals surface area contributed by atoms with Crippen LogP contribution in [0.4, 0.5) is 11.5 Å². The number of amides is 2. The quantitative estimate of drug-likeness (QED) is 0.719. The molecule has 0 fully saturated rings. The van der Waals surface area contributed by atoms with Gasteiger partial charge in [0.25, 0.3) is 5.91 Å². The highest BCUT2D eigenvalue weighted by atomic mass is 16.5. The van der Waals surface area contributed by atoms with Crippen LogP contribution in [0.3, 0.4) is 0 Å². The third-order valence-electron chi connectivity index (χ3n) is 3.83. The third-order valence-corrected chi connectivity index (χ3v) is 3.83. The Morgan fingerprint density at radius 3 is 2.35 bits per heavy atom. The van der Waals surface area contributed by atoms with Gasteiger partial charge in [0.2, 0.25) is 5.91 Å². The molecule has 0 unspecified atom stereocenters. The summed E-state index contributed by atoms with van der Waals surface area (Å²) in [6, 6.07) is 10.5. The van der Waals surface area contributed by atoms with Crippen LogP contribution in [-0.4, -0.2) is 36.5 Å². The van der Waals surface area contributed by atoms with Gasteiger partial charge >= 0.3 is 0 Å². The van der Waals surface area contributed by atoms with Crippen LogP contribution >= 0.6 is 0 Å². The molecule has 3 N–H and O–H groups in total. The zero-order valence-corrected chi connectivity index (χ0v) is 15.1. The Bertz CT molecular complexity index is 725. The predicted molar refractivity (Wildman–Crippen MR) is 101 cm³/mol. The number of rotatable bonds is 9. The Hall–Kier alpha value is -3.09. The van der Waals surface area contributed by atoms with Gasteiger partial charge in [0.15, 0.2) is 0 Å². The smallest absolute Gasteiger partial charge is 0.257 e. The van der Waals surface area contributed by atoms with Gasteiger partial charge in [-0.25, -0.2) is 4.98 Å². The Morgan fingerprint density at radius 1 is 1.12 bits per heavy atom. The first-order chi connectivity index (χ1) is 12.5. The summed E-state index contributed by atoms with van der Waals surface area (Å²) >= 11 is 0. The average molecular weight is 356 g/mol. The van der Waals surface area contributed by atoms with E-state index in [1.807, 2.05) is 6.07 Å². The molecule has 1 aromatic heterocycles. The molecule has 2 amide bonds. The van der Waals surface area contributed by atoms with Crippen molar-refractivity contribution in [2.24, 2.45) is 5.73 Å². The zero-order valence-electron chi connectivity index (χ0n) is 15.1. The monoisotopic (exact) mass is 356 g/mol. The van der Waals surface area contributed by atoms with E-state index < -0.39 is 5.91 Å². The number of nitrogens with zero attached hydrogens (tertiary/aromatic N) is 2. The van der Waals surface area contributed by atoms with Crippen LogP contribution in [0.2, 0.25) is 0 Å². The van der Waals surface area contributed by atoms with Gasteiger partial charge in [-0.05, 0) is 50.2 Å². The molecule has 0 saturated carbocycles. The molecule has 1 aromatic carbocycles. The molecule has 0 atom stereocenters. The van der Waals surface area contributed by atoms with Crippen LogP contribution in [0, 0.1) is 0 Å². The summed E-state index contributed by atoms with van der Waals surface area (Å²) in [7, 11) is 0. The van der Waals surface area contributed by atoms with Gasteiger partial charge in [0.1, 0.15) is 11.6 Å². The Morgan fingerprint density at radius 2 is 1.81 bits per heavy atom. The molecule has 0 radical (unpaired) electrons. The third kappa shape index (κ3) is 5.47. The second-order valence-corrected chi connectivity index (χ2v) is 5.62. The van der Waals surface area contributed by atoms with E-state index in [0.717, 1.165) is 18.9 Å². The largest absolute Gasteiger partial charge is 0.493 e. The van der Waals surface area contributed by atoms with Gasteiger partial charge in [-0.3, -0.25) is 9.59 Å². The van der Waals surface area contributed by atoms with Crippen molar-refractivity contribution in [3.8, 4) is 5.75 Å². The lowest BCUT2D eigenvalue weighted by Crippen LogP contribution is -2.23. The van der Waals surface area contributed by atoms with Crippen molar-refractivity contribution in [3.63, 3.8) is 0 Å². The topological polar surface area (TPSA) is 97.5 Å². The first-order valence-corrected chi connectivity index (χ1v) is 8.57. The van der Waals surface area contributed by atoms with E-state index in [1.165, 1.54) is 0 Å². The molecule has 2 rings (SSSR count). The van der Waals surface area contributed by atoms with Crippen molar-refractivity contribution in [2.45, 2.75) is 20.3 Å². The van der Waals surface area contributed by atoms with Crippen molar-refractivity contribution in [1.29, 1.82) is 0 Å². The van der Waals surface area contributed by atoms with Gasteiger partial charge in [0, 0.05) is 25.0 Å². The number of hydrogen-bond acceptors (Lipinski definition) is 5. The van der Waals surface area contributed by atoms with Crippen LogP contribution in [0.5, 0.6) is 5.75 Å². The minimum absolute atomic E-state index is 0.162. The maximum absolute atomic E-state index is 12.3. The number of ether oxygens (including phenoxy) is 1. The molecule has 138 valence electrons. The van der Waals surface area contributed by atoms with Crippen LogP contribution in [0.25, 0.3) is 0 Å². The number of hydrogen-bond donors (Lipinski definition) is 2. The van der Waals surface area contributed by atoms with E-state index in [9.17, 15) is 9.59 Å². The lowest BCUT2D eigenvalue weighted by atomic mass is 10.2. The molecule has 2 aromatic rings. The first kappa shape index (κ1) is 19.2. The highest BCUT2D eigenvalue weighted by Crippen LogP contribution is 2.17. The lowest BCUT2D eigenvalue weighted by Gasteiger charge is -2.19. The van der Waals surface area contributed by atoms with E-state index in [1.54, 1.807) is 36.5 Å². The lowest BCUT2D eigenvalue weighted by molar-refractivity contribution is -0.118. The van der Waals surface area contributed by atoms with E-state index >= 15 is 0 Å². The molecule has 1 heterocycles. The summed E-state index contributed by atoms with van der Waals surface area (Å²) in [6.45, 7) is 6.08. The summed E-state index contributed by atoms with van der Waals surface area (Å²) in [5.41, 5.74) is 6.19. The van der Waals surface area contributed by atoms with E-state index in [-0.39, 0.29) is 18.9 Å². The maximum Gasteiger partial charge on any atom is 0.257 e. The number of carbonyl (C=O) groups excluding carboxylic acids is 2. The van der Waals surface area contributed by atoms with Crippen molar-refractivity contribution in [1.82, 2.24) is 4.98 Å². The molecule has 0 spiro atoms. The SMILES string of the molecule is CCN(CC)c1ccc(C(=O)Nc2ccc(OCCC(N)=O)cc2)cn1. The Balaban J connectivity index is 1.93. The summed E-state index contributed by atoms with van der Waals surface area (Å²) in [5, 5.41) is 2.81. The summed E-state index contributed by atoms with van der Waals surface area (Å²) in [5.74, 6) is 0.819. The number of nitrogens with two attached hydrogens (primary N) is 1. The molecule has 7 nitrogen and oxygen atoms in total. The Labute approximate surface area is 153 Å². The zero-order chi connectivity index (χ0) is 18.9. The fraction of sp³-hybridized carbons (Fsp3) is 0.316. The predicted octanol–water partition coefficient (Wildman–Crippen LogP) is 2.43. The molecule has 7 heteroatoms. The Kier molecular flexibility index (Phi) is 6.96. The standard InChI is InChI=1S/C19H24N4O3/c1-3-23(4-2)18-10-5-14(13-21-18)19(25)22-15-6-8-16(9-7-15)26-12-11-17(20)24/h5-10,13H,3-4,11-12H2,1-2H3,(H2,20,24)(H,22,25). The van der Waals surface area contributed by atoms with Crippen LogP contribution in [0.1, 0.15) is 30.6 Å². The second-order valence-electron chi connectivity index (χ2n) is 5.62. The minimum Gasteiger partial charge on any atom is -0.493 e. The summed E-state index contributed by atoms with van der Waals surface area (Å²) < 4.78 is 5.39. The minimum atomic E-state index is -0.408. The highest BCUT2D eigenvalue weighted by Gasteiger charge is 2.09. The summed E-state index contributed by atoms with van der Waals surface area (Å²) in [4.78, 5) is 29.5. The number of anilines is 2. The second kappa shape index (κ2) is 9.41. The highest BCUT2D eigenvalue weighted by molar-refractivity contribution is 6.04. The molecule has 26 heavy (non-hydrogen) atoms. The van der Waals surface area contributed by atoms with Gasteiger partial charge in [-0.2, -0.15) is 0 Å². The van der Waals surface area contributed by atoms with E-state index in [4.69, 9.17) is 10.5 Å². The van der Waals surface area contributed by atoms with Gasteiger partial charge in [-0.15, -0.1) is 0 Å².